The number of hydrogen-bond acceptors (Lipinski definition) is 0. The van der Waals surface area contributed by atoms with Gasteiger partial charge in [-0.2, -0.15) is 0 Å². The molecule has 0 unspecified atom stereocenters. The lowest BCUT2D eigenvalue weighted by molar-refractivity contribution is 0.627. The van der Waals surface area contributed by atoms with E-state index in [4.69, 9.17) is 0 Å². The first-order chi connectivity index (χ1) is 25.1. The Bertz CT molecular complexity index is 2040. The van der Waals surface area contributed by atoms with Gasteiger partial charge in [0.1, 0.15) is 17.5 Å². The van der Waals surface area contributed by atoms with Crippen LogP contribution in [0.2, 0.25) is 5.54 Å². The summed E-state index contributed by atoms with van der Waals surface area (Å²) >= 11 is 0. The van der Waals surface area contributed by atoms with Crippen LogP contribution in [0.4, 0.5) is 13.2 Å². The highest BCUT2D eigenvalue weighted by atomic mass is 28.3. The Hall–Kier alpha value is -5.19. The monoisotopic (exact) mass is 704 g/mol. The minimum absolute atomic E-state index is 0.163. The highest BCUT2D eigenvalue weighted by molar-refractivity contribution is 7.13. The summed E-state index contributed by atoms with van der Waals surface area (Å²) in [6.45, 7) is 9.14. The summed E-state index contributed by atoms with van der Waals surface area (Å²) in [5, 5.41) is 3.95. The molecule has 7 rings (SSSR count). The van der Waals surface area contributed by atoms with E-state index in [1.54, 1.807) is 0 Å². The largest absolute Gasteiger partial charge is 0.207 e. The maximum atomic E-state index is 13.9. The van der Waals surface area contributed by atoms with E-state index in [2.05, 4.69) is 100 Å². The molecule has 1 aliphatic rings. The van der Waals surface area contributed by atoms with Crippen molar-refractivity contribution in [1.82, 2.24) is 0 Å². The van der Waals surface area contributed by atoms with Crippen molar-refractivity contribution in [3.63, 3.8) is 0 Å². The molecule has 52 heavy (non-hydrogen) atoms. The predicted molar refractivity (Wildman–Crippen MR) is 212 cm³/mol. The van der Waals surface area contributed by atoms with Crippen LogP contribution in [-0.2, 0) is 19.3 Å². The molecule has 0 amide bonds. The second-order valence-electron chi connectivity index (χ2n) is 14.4. The van der Waals surface area contributed by atoms with Gasteiger partial charge in [-0.1, -0.05) is 120 Å². The standard InChI is InChI=1S/C48H43F3Si/c1-32-33(2)35(4)48(34(32)3)52(45-11-5-8-39(29-45)26-36-14-20-42(49)21-15-36,46-12-6-9-40(30-46)27-37-16-22-43(50)23-17-37)47-13-7-10-41(31-47)28-38-18-24-44(51)25-19-38/h5-25,29-31,48H,26-28H2,1-4H3. The van der Waals surface area contributed by atoms with Gasteiger partial charge in [0.15, 0.2) is 8.07 Å². The van der Waals surface area contributed by atoms with Gasteiger partial charge in [-0.25, -0.2) is 13.2 Å². The van der Waals surface area contributed by atoms with Crippen LogP contribution >= 0.6 is 0 Å². The zero-order valence-corrected chi connectivity index (χ0v) is 31.2. The maximum absolute atomic E-state index is 13.9. The molecule has 0 aromatic heterocycles. The van der Waals surface area contributed by atoms with E-state index in [0.29, 0.717) is 19.3 Å². The molecule has 0 saturated carbocycles. The fourth-order valence-corrected chi connectivity index (χ4v) is 14.3. The zero-order chi connectivity index (χ0) is 36.4. The first kappa shape index (κ1) is 35.2. The predicted octanol–water partition coefficient (Wildman–Crippen LogP) is 10.4. The van der Waals surface area contributed by atoms with Crippen molar-refractivity contribution >= 4 is 23.6 Å². The molecule has 0 aliphatic heterocycles. The molecule has 0 heterocycles. The lowest BCUT2D eigenvalue weighted by Gasteiger charge is -2.41. The zero-order valence-electron chi connectivity index (χ0n) is 30.2. The molecule has 0 fully saturated rings. The van der Waals surface area contributed by atoms with E-state index in [-0.39, 0.29) is 23.0 Å². The fraction of sp³-hybridized carbons (Fsp3) is 0.167. The van der Waals surface area contributed by atoms with Crippen LogP contribution in [0.5, 0.6) is 0 Å². The van der Waals surface area contributed by atoms with Gasteiger partial charge in [0.05, 0.1) is 0 Å². The molecule has 6 aromatic rings. The summed E-state index contributed by atoms with van der Waals surface area (Å²) < 4.78 is 41.6. The average molecular weight is 705 g/mol. The minimum Gasteiger partial charge on any atom is -0.207 e. The highest BCUT2D eigenvalue weighted by Crippen LogP contribution is 2.46. The molecule has 0 radical (unpaired) electrons. The Morgan fingerprint density at radius 2 is 0.673 bits per heavy atom. The molecule has 4 heteroatoms. The molecule has 260 valence electrons. The summed E-state index contributed by atoms with van der Waals surface area (Å²) in [4.78, 5) is 0. The lowest BCUT2D eigenvalue weighted by Crippen LogP contribution is -2.70. The third kappa shape index (κ3) is 7.00. The number of allylic oxidation sites excluding steroid dienone is 4. The van der Waals surface area contributed by atoms with Crippen molar-refractivity contribution in [1.29, 1.82) is 0 Å². The summed E-state index contributed by atoms with van der Waals surface area (Å²) in [5.74, 6) is -0.704. The second-order valence-corrected chi connectivity index (χ2v) is 18.3. The van der Waals surface area contributed by atoms with E-state index in [0.717, 1.165) is 16.7 Å². The Kier molecular flexibility index (Phi) is 10.0. The molecule has 0 N–H and O–H groups in total. The average Bonchev–Trinajstić information content (AvgIpc) is 3.34. The Balaban J connectivity index is 1.47. The van der Waals surface area contributed by atoms with Crippen LogP contribution in [0, 0.1) is 17.5 Å². The van der Waals surface area contributed by atoms with Gasteiger partial charge in [0.2, 0.25) is 0 Å². The van der Waals surface area contributed by atoms with Crippen LogP contribution < -0.4 is 15.6 Å². The molecular formula is C48H43F3Si. The Labute approximate surface area is 307 Å². The van der Waals surface area contributed by atoms with Crippen LogP contribution in [0.25, 0.3) is 0 Å². The van der Waals surface area contributed by atoms with Gasteiger partial charge >= 0.3 is 0 Å². The summed E-state index contributed by atoms with van der Waals surface area (Å²) in [6, 6.07) is 47.7. The summed E-state index contributed by atoms with van der Waals surface area (Å²) in [5.41, 5.74) is 12.4. The van der Waals surface area contributed by atoms with Gasteiger partial charge in [0.25, 0.3) is 0 Å². The van der Waals surface area contributed by atoms with Crippen molar-refractivity contribution in [2.45, 2.75) is 52.5 Å². The number of hydrogen-bond donors (Lipinski definition) is 0. The Morgan fingerprint density at radius 3 is 0.962 bits per heavy atom. The summed E-state index contributed by atoms with van der Waals surface area (Å²) in [6.07, 6.45) is 2.08. The Morgan fingerprint density at radius 1 is 0.385 bits per heavy atom. The fourth-order valence-electron chi connectivity index (χ4n) is 8.29. The molecule has 0 saturated heterocycles. The maximum Gasteiger partial charge on any atom is 0.159 e. The van der Waals surface area contributed by atoms with Crippen molar-refractivity contribution in [2.24, 2.45) is 0 Å². The minimum atomic E-state index is -2.97. The summed E-state index contributed by atoms with van der Waals surface area (Å²) in [7, 11) is -2.97. The third-order valence-electron chi connectivity index (χ3n) is 11.2. The van der Waals surface area contributed by atoms with Crippen molar-refractivity contribution < 1.29 is 13.2 Å². The molecule has 1 aliphatic carbocycles. The lowest BCUT2D eigenvalue weighted by atomic mass is 10.0. The van der Waals surface area contributed by atoms with Crippen molar-refractivity contribution in [3.05, 3.63) is 219 Å². The smallest absolute Gasteiger partial charge is 0.159 e. The quantitative estimate of drug-likeness (QED) is 0.0984. The SMILES string of the molecule is CC1=C(C)C([Si](c2cccc(Cc3ccc(F)cc3)c2)(c2cccc(Cc3ccc(F)cc3)c2)c2cccc(Cc3ccc(F)cc3)c2)C(C)=C1C. The highest BCUT2D eigenvalue weighted by Gasteiger charge is 2.50. The van der Waals surface area contributed by atoms with E-state index < -0.39 is 8.07 Å². The van der Waals surface area contributed by atoms with Gasteiger partial charge < -0.3 is 0 Å². The second kappa shape index (κ2) is 14.8. The normalized spacial score (nSPS) is 13.7. The van der Waals surface area contributed by atoms with Crippen molar-refractivity contribution in [3.8, 4) is 0 Å². The number of rotatable bonds is 10. The van der Waals surface area contributed by atoms with Crippen LogP contribution in [0.15, 0.2) is 168 Å². The number of benzene rings is 6. The molecule has 6 aromatic carbocycles. The van der Waals surface area contributed by atoms with Gasteiger partial charge in [0, 0.05) is 5.54 Å². The van der Waals surface area contributed by atoms with Crippen molar-refractivity contribution in [2.75, 3.05) is 0 Å². The van der Waals surface area contributed by atoms with E-state index in [1.807, 2.05) is 36.4 Å². The van der Waals surface area contributed by atoms with Crippen LogP contribution in [-0.4, -0.2) is 8.07 Å². The molecule has 0 bridgehead atoms. The van der Waals surface area contributed by atoms with E-state index in [1.165, 1.54) is 90.9 Å². The van der Waals surface area contributed by atoms with E-state index >= 15 is 0 Å². The first-order valence-electron chi connectivity index (χ1n) is 18.0. The molecule has 0 spiro atoms. The van der Waals surface area contributed by atoms with Crippen LogP contribution in [0.1, 0.15) is 61.1 Å². The molecule has 0 atom stereocenters. The van der Waals surface area contributed by atoms with Gasteiger partial charge in [-0.15, -0.1) is 0 Å². The topological polar surface area (TPSA) is 0 Å². The first-order valence-corrected chi connectivity index (χ1v) is 20.1. The van der Waals surface area contributed by atoms with Gasteiger partial charge in [-0.3, -0.25) is 0 Å². The van der Waals surface area contributed by atoms with Crippen LogP contribution in [0.3, 0.4) is 0 Å². The molecular weight excluding hydrogens is 662 g/mol. The number of halogens is 3. The third-order valence-corrected chi connectivity index (χ3v) is 16.6. The van der Waals surface area contributed by atoms with E-state index in [9.17, 15) is 13.2 Å². The molecule has 0 nitrogen and oxygen atoms in total. The van der Waals surface area contributed by atoms with Gasteiger partial charge in [-0.05, 0) is 143 Å².